The Morgan fingerprint density at radius 3 is 3.00 bits per heavy atom. The van der Waals surface area contributed by atoms with E-state index < -0.39 is 0 Å². The van der Waals surface area contributed by atoms with Gasteiger partial charge >= 0.3 is 0 Å². The van der Waals surface area contributed by atoms with Crippen LogP contribution in [0.5, 0.6) is 5.75 Å². The maximum Gasteiger partial charge on any atom is 0.261 e. The molecule has 8 nitrogen and oxygen atoms in total. The maximum absolute atomic E-state index is 12.8. The smallest absolute Gasteiger partial charge is 0.261 e. The van der Waals surface area contributed by atoms with Gasteiger partial charge in [-0.1, -0.05) is 27.8 Å². The lowest BCUT2D eigenvalue weighted by Crippen LogP contribution is -2.41. The highest BCUT2D eigenvalue weighted by atomic mass is 32.1. The lowest BCUT2D eigenvalue weighted by Gasteiger charge is -2.33. The van der Waals surface area contributed by atoms with Crippen LogP contribution in [0.4, 0.5) is 0 Å². The zero-order valence-corrected chi connectivity index (χ0v) is 16.9. The predicted octanol–water partition coefficient (Wildman–Crippen LogP) is 3.87. The van der Waals surface area contributed by atoms with E-state index in [-0.39, 0.29) is 18.6 Å². The monoisotopic (exact) mass is 421 g/mol. The topological polar surface area (TPSA) is 94.2 Å². The van der Waals surface area contributed by atoms with Crippen LogP contribution in [0.15, 0.2) is 53.1 Å². The first-order valence-electron chi connectivity index (χ1n) is 9.81. The van der Waals surface area contributed by atoms with E-state index in [1.807, 2.05) is 48.5 Å². The summed E-state index contributed by atoms with van der Waals surface area (Å²) in [4.78, 5) is 19.2. The Kier molecular flexibility index (Phi) is 5.10. The van der Waals surface area contributed by atoms with Crippen molar-refractivity contribution in [2.24, 2.45) is 0 Å². The van der Waals surface area contributed by atoms with Gasteiger partial charge in [0.2, 0.25) is 0 Å². The minimum absolute atomic E-state index is 0.0152. The molecule has 1 fully saturated rings. The predicted molar refractivity (Wildman–Crippen MR) is 111 cm³/mol. The Labute approximate surface area is 176 Å². The van der Waals surface area contributed by atoms with Gasteiger partial charge in [-0.15, -0.1) is 5.10 Å². The van der Waals surface area contributed by atoms with Crippen LogP contribution in [-0.2, 0) is 4.79 Å². The van der Waals surface area contributed by atoms with E-state index in [4.69, 9.17) is 9.26 Å². The number of benzene rings is 2. The number of para-hydroxylation sites is 1. The average molecular weight is 421 g/mol. The molecule has 0 N–H and O–H groups in total. The summed E-state index contributed by atoms with van der Waals surface area (Å²) >= 11 is 1.34. The van der Waals surface area contributed by atoms with Crippen LogP contribution < -0.4 is 4.74 Å². The number of carbonyl (C=O) groups excluding carboxylic acids is 1. The number of likely N-dealkylation sites (tertiary alicyclic amines) is 1. The summed E-state index contributed by atoms with van der Waals surface area (Å²) in [6.45, 7) is 0.640. The van der Waals surface area contributed by atoms with Gasteiger partial charge in [-0.05, 0) is 61.1 Å². The Morgan fingerprint density at radius 2 is 2.10 bits per heavy atom. The van der Waals surface area contributed by atoms with Crippen molar-refractivity contribution in [3.63, 3.8) is 0 Å². The normalized spacial score (nSPS) is 16.7. The molecule has 0 radical (unpaired) electrons. The second-order valence-corrected chi connectivity index (χ2v) is 7.90. The molecule has 5 rings (SSSR count). The number of fused-ring (bicyclic) bond motifs is 1. The zero-order valence-electron chi connectivity index (χ0n) is 16.1. The van der Waals surface area contributed by atoms with Gasteiger partial charge in [0.05, 0.1) is 10.7 Å². The highest BCUT2D eigenvalue weighted by Crippen LogP contribution is 2.31. The third-order valence-corrected chi connectivity index (χ3v) is 5.87. The molecule has 1 aliphatic heterocycles. The van der Waals surface area contributed by atoms with Crippen molar-refractivity contribution in [3.05, 3.63) is 54.4 Å². The van der Waals surface area contributed by atoms with Crippen LogP contribution in [0, 0.1) is 0 Å². The molecule has 0 aliphatic carbocycles. The third kappa shape index (κ3) is 3.76. The minimum Gasteiger partial charge on any atom is -0.484 e. The van der Waals surface area contributed by atoms with E-state index in [0.717, 1.165) is 35.0 Å². The minimum atomic E-state index is -0.215. The molecular weight excluding hydrogens is 402 g/mol. The fourth-order valence-electron chi connectivity index (χ4n) is 3.64. The summed E-state index contributed by atoms with van der Waals surface area (Å²) in [5, 5.41) is 8.27. The molecule has 0 bridgehead atoms. The maximum atomic E-state index is 12.8. The third-order valence-electron chi connectivity index (χ3n) is 5.16. The van der Waals surface area contributed by atoms with Crippen LogP contribution in [0.3, 0.4) is 0 Å². The lowest BCUT2D eigenvalue weighted by atomic mass is 10.0. The summed E-state index contributed by atoms with van der Waals surface area (Å²) < 4.78 is 16.1. The van der Waals surface area contributed by atoms with Gasteiger partial charge < -0.3 is 14.2 Å². The van der Waals surface area contributed by atoms with Crippen molar-refractivity contribution < 1.29 is 14.1 Å². The molecule has 2 aromatic carbocycles. The molecule has 1 aliphatic rings. The Hall–Kier alpha value is -3.33. The number of ether oxygens (including phenoxy) is 1. The van der Waals surface area contributed by atoms with Crippen LogP contribution in [0.25, 0.3) is 21.7 Å². The fraction of sp³-hybridized carbons (Fsp3) is 0.286. The average Bonchev–Trinajstić information content (AvgIpc) is 3.47. The number of piperidine rings is 1. The Morgan fingerprint density at radius 1 is 1.20 bits per heavy atom. The van der Waals surface area contributed by atoms with Crippen LogP contribution >= 0.6 is 11.5 Å². The van der Waals surface area contributed by atoms with Gasteiger partial charge in [-0.25, -0.2) is 0 Å². The van der Waals surface area contributed by atoms with Crippen LogP contribution in [-0.4, -0.2) is 43.7 Å². The second kappa shape index (κ2) is 8.19. The van der Waals surface area contributed by atoms with Gasteiger partial charge in [0.1, 0.15) is 11.3 Å². The first kappa shape index (κ1) is 18.7. The molecule has 1 amide bonds. The fourth-order valence-corrected chi connectivity index (χ4v) is 4.18. The molecule has 1 saturated heterocycles. The number of carbonyl (C=O) groups is 1. The number of amides is 1. The van der Waals surface area contributed by atoms with E-state index in [0.29, 0.717) is 24.0 Å². The molecule has 3 heterocycles. The summed E-state index contributed by atoms with van der Waals surface area (Å²) in [6.07, 6.45) is 2.76. The van der Waals surface area contributed by atoms with Crippen LogP contribution in [0.2, 0.25) is 0 Å². The SMILES string of the molecule is O=C(COc1ccccc1)N1CCCCC1c1noc(-c2ccc3snnc3c2)n1. The van der Waals surface area contributed by atoms with Gasteiger partial charge in [-0.3, -0.25) is 4.79 Å². The molecule has 0 saturated carbocycles. The number of rotatable bonds is 5. The zero-order chi connectivity index (χ0) is 20.3. The summed E-state index contributed by atoms with van der Waals surface area (Å²) in [5.74, 6) is 1.53. The van der Waals surface area contributed by atoms with Crippen molar-refractivity contribution in [1.82, 2.24) is 24.6 Å². The van der Waals surface area contributed by atoms with Crippen molar-refractivity contribution in [2.45, 2.75) is 25.3 Å². The van der Waals surface area contributed by atoms with Gasteiger partial charge in [-0.2, -0.15) is 4.98 Å². The standard InChI is InChI=1S/C21H19N5O3S/c27-19(13-28-15-6-2-1-3-7-15)26-11-5-4-8-17(26)20-22-21(29-24-20)14-9-10-18-16(12-14)23-25-30-18/h1-3,6-7,9-10,12,17H,4-5,8,11,13H2. The highest BCUT2D eigenvalue weighted by Gasteiger charge is 2.32. The molecule has 1 unspecified atom stereocenters. The Balaban J connectivity index is 1.33. The molecule has 152 valence electrons. The summed E-state index contributed by atoms with van der Waals surface area (Å²) in [5.41, 5.74) is 1.58. The van der Waals surface area contributed by atoms with E-state index >= 15 is 0 Å². The molecule has 2 aromatic heterocycles. The summed E-state index contributed by atoms with van der Waals surface area (Å²) in [7, 11) is 0. The summed E-state index contributed by atoms with van der Waals surface area (Å²) in [6, 6.07) is 14.9. The van der Waals surface area contributed by atoms with Crippen molar-refractivity contribution in [2.75, 3.05) is 13.2 Å². The van der Waals surface area contributed by atoms with Gasteiger partial charge in [0.25, 0.3) is 11.8 Å². The number of nitrogens with zero attached hydrogens (tertiary/aromatic N) is 5. The number of hydrogen-bond acceptors (Lipinski definition) is 8. The molecule has 0 spiro atoms. The van der Waals surface area contributed by atoms with E-state index in [9.17, 15) is 4.79 Å². The second-order valence-electron chi connectivity index (χ2n) is 7.11. The van der Waals surface area contributed by atoms with E-state index in [2.05, 4.69) is 19.7 Å². The lowest BCUT2D eigenvalue weighted by molar-refractivity contribution is -0.137. The Bertz CT molecular complexity index is 1160. The van der Waals surface area contributed by atoms with E-state index in [1.165, 1.54) is 11.5 Å². The number of hydrogen-bond donors (Lipinski definition) is 0. The van der Waals surface area contributed by atoms with Crippen molar-refractivity contribution in [3.8, 4) is 17.2 Å². The molecular formula is C21H19N5O3S. The van der Waals surface area contributed by atoms with Gasteiger partial charge in [0.15, 0.2) is 12.4 Å². The van der Waals surface area contributed by atoms with Crippen LogP contribution in [0.1, 0.15) is 31.1 Å². The molecule has 4 aromatic rings. The molecule has 1 atom stereocenters. The van der Waals surface area contributed by atoms with Crippen molar-refractivity contribution >= 4 is 27.7 Å². The van der Waals surface area contributed by atoms with Gasteiger partial charge in [0, 0.05) is 12.1 Å². The highest BCUT2D eigenvalue weighted by molar-refractivity contribution is 7.12. The first-order chi connectivity index (χ1) is 14.8. The van der Waals surface area contributed by atoms with Crippen molar-refractivity contribution in [1.29, 1.82) is 0 Å². The van der Waals surface area contributed by atoms with E-state index in [1.54, 1.807) is 4.90 Å². The quantitative estimate of drug-likeness (QED) is 0.483. The molecule has 30 heavy (non-hydrogen) atoms. The first-order valence-corrected chi connectivity index (χ1v) is 10.6. The number of aromatic nitrogens is 4. The largest absolute Gasteiger partial charge is 0.484 e. The molecule has 9 heteroatoms.